The maximum absolute atomic E-state index is 14.2. The van der Waals surface area contributed by atoms with Crippen molar-refractivity contribution in [2.75, 3.05) is 0 Å². The average molecular weight is 384 g/mol. The molecule has 1 aromatic carbocycles. The Balaban J connectivity index is 2.46. The van der Waals surface area contributed by atoms with Crippen LogP contribution in [0.5, 0.6) is 0 Å². The van der Waals surface area contributed by atoms with Crippen LogP contribution in [-0.2, 0) is 0 Å². The van der Waals surface area contributed by atoms with Gasteiger partial charge < -0.3 is 0 Å². The molecule has 0 N–H and O–H groups in total. The molecule has 0 saturated heterocycles. The van der Waals surface area contributed by atoms with Crippen LogP contribution >= 0.6 is 27.5 Å². The summed E-state index contributed by atoms with van der Waals surface area (Å²) < 4.78 is 15.5. The predicted octanol–water partition coefficient (Wildman–Crippen LogP) is 3.35. The number of hydrogen-bond donors (Lipinski definition) is 0. The molecule has 2 heterocycles. The molecule has 3 aromatic rings. The average Bonchev–Trinajstić information content (AvgIpc) is 2.46. The SMILES string of the molecule is Cc1nc2c(=O)c(Br)nn(-c3ccc(Cl)cc3F)c2nc1C. The molecule has 0 amide bonds. The number of aryl methyl sites for hydroxylation is 2. The van der Waals surface area contributed by atoms with Gasteiger partial charge in [-0.05, 0) is 48.0 Å². The monoisotopic (exact) mass is 382 g/mol. The van der Waals surface area contributed by atoms with Gasteiger partial charge in [-0.1, -0.05) is 11.6 Å². The van der Waals surface area contributed by atoms with E-state index in [0.29, 0.717) is 11.4 Å². The summed E-state index contributed by atoms with van der Waals surface area (Å²) in [6.07, 6.45) is 0. The van der Waals surface area contributed by atoms with Gasteiger partial charge in [0.25, 0.3) is 0 Å². The van der Waals surface area contributed by atoms with E-state index in [9.17, 15) is 9.18 Å². The van der Waals surface area contributed by atoms with E-state index in [1.165, 1.54) is 22.9 Å². The van der Waals surface area contributed by atoms with Crippen molar-refractivity contribution in [3.8, 4) is 5.69 Å². The largest absolute Gasteiger partial charge is 0.284 e. The summed E-state index contributed by atoms with van der Waals surface area (Å²) in [5.41, 5.74) is 1.32. The van der Waals surface area contributed by atoms with Gasteiger partial charge in [-0.15, -0.1) is 0 Å². The van der Waals surface area contributed by atoms with E-state index in [-0.39, 0.29) is 26.5 Å². The van der Waals surface area contributed by atoms with Crippen molar-refractivity contribution in [3.05, 3.63) is 55.3 Å². The molecule has 0 aliphatic carbocycles. The number of aromatic nitrogens is 4. The van der Waals surface area contributed by atoms with E-state index < -0.39 is 11.2 Å². The van der Waals surface area contributed by atoms with Gasteiger partial charge in [0.05, 0.1) is 11.4 Å². The molecule has 0 fully saturated rings. The molecule has 0 atom stereocenters. The topological polar surface area (TPSA) is 60.7 Å². The minimum Gasteiger partial charge on any atom is -0.284 e. The zero-order valence-electron chi connectivity index (χ0n) is 11.6. The van der Waals surface area contributed by atoms with E-state index in [2.05, 4.69) is 31.0 Å². The second kappa shape index (κ2) is 5.40. The smallest absolute Gasteiger partial charge is 0.242 e. The third-order valence-electron chi connectivity index (χ3n) is 3.22. The molecule has 0 aliphatic heterocycles. The van der Waals surface area contributed by atoms with Crippen molar-refractivity contribution >= 4 is 38.7 Å². The highest BCUT2D eigenvalue weighted by molar-refractivity contribution is 9.10. The van der Waals surface area contributed by atoms with Crippen molar-refractivity contribution in [1.29, 1.82) is 0 Å². The first-order chi connectivity index (χ1) is 10.4. The van der Waals surface area contributed by atoms with Crippen molar-refractivity contribution in [1.82, 2.24) is 19.7 Å². The van der Waals surface area contributed by atoms with Gasteiger partial charge >= 0.3 is 0 Å². The number of hydrogen-bond acceptors (Lipinski definition) is 4. The van der Waals surface area contributed by atoms with Gasteiger partial charge in [0, 0.05) is 5.02 Å². The lowest BCUT2D eigenvalue weighted by Crippen LogP contribution is -2.18. The van der Waals surface area contributed by atoms with Gasteiger partial charge in [0.1, 0.15) is 11.5 Å². The van der Waals surface area contributed by atoms with Crippen LogP contribution in [0.1, 0.15) is 11.4 Å². The molecule has 0 bridgehead atoms. The van der Waals surface area contributed by atoms with Gasteiger partial charge in [-0.2, -0.15) is 5.10 Å². The first kappa shape index (κ1) is 15.1. The highest BCUT2D eigenvalue weighted by Gasteiger charge is 2.16. The Morgan fingerprint density at radius 3 is 2.59 bits per heavy atom. The van der Waals surface area contributed by atoms with Crippen LogP contribution in [0.2, 0.25) is 5.02 Å². The first-order valence-corrected chi connectivity index (χ1v) is 7.45. The fourth-order valence-corrected chi connectivity index (χ4v) is 2.50. The molecule has 0 unspecified atom stereocenters. The Morgan fingerprint density at radius 1 is 1.23 bits per heavy atom. The molecule has 2 aromatic heterocycles. The molecule has 5 nitrogen and oxygen atoms in total. The zero-order chi connectivity index (χ0) is 16.0. The van der Waals surface area contributed by atoms with Gasteiger partial charge in [0.15, 0.2) is 15.8 Å². The normalized spacial score (nSPS) is 11.1. The Kier molecular flexibility index (Phi) is 3.70. The van der Waals surface area contributed by atoms with E-state index in [0.717, 1.165) is 0 Å². The lowest BCUT2D eigenvalue weighted by atomic mass is 10.3. The highest BCUT2D eigenvalue weighted by atomic mass is 79.9. The highest BCUT2D eigenvalue weighted by Crippen LogP contribution is 2.21. The lowest BCUT2D eigenvalue weighted by Gasteiger charge is -2.11. The van der Waals surface area contributed by atoms with Crippen LogP contribution in [0.25, 0.3) is 16.9 Å². The molecule has 0 radical (unpaired) electrons. The number of fused-ring (bicyclic) bond motifs is 1. The second-order valence-corrected chi connectivity index (χ2v) is 5.88. The molecular formula is C14H9BrClFN4O. The van der Waals surface area contributed by atoms with Crippen molar-refractivity contribution in [2.24, 2.45) is 0 Å². The number of halogens is 3. The Bertz CT molecular complexity index is 973. The standard InChI is InChI=1S/C14H9BrClFN4O/c1-6-7(2)19-14-11(18-6)12(22)13(15)20-21(14)10-4-3-8(16)5-9(10)17/h3-5H,1-2H3. The predicted molar refractivity (Wildman–Crippen MR) is 85.1 cm³/mol. The molecule has 112 valence electrons. The third kappa shape index (κ3) is 2.40. The zero-order valence-corrected chi connectivity index (χ0v) is 13.9. The maximum atomic E-state index is 14.2. The van der Waals surface area contributed by atoms with Crippen LogP contribution in [-0.4, -0.2) is 19.7 Å². The Labute approximate surface area is 137 Å². The number of benzene rings is 1. The maximum Gasteiger partial charge on any atom is 0.242 e. The van der Waals surface area contributed by atoms with Crippen LogP contribution in [0, 0.1) is 19.7 Å². The fraction of sp³-hybridized carbons (Fsp3) is 0.143. The van der Waals surface area contributed by atoms with Crippen LogP contribution in [0.3, 0.4) is 0 Å². The summed E-state index contributed by atoms with van der Waals surface area (Å²) in [4.78, 5) is 20.8. The van der Waals surface area contributed by atoms with Crippen molar-refractivity contribution < 1.29 is 4.39 Å². The number of nitrogens with zero attached hydrogens (tertiary/aromatic N) is 4. The van der Waals surface area contributed by atoms with Crippen LogP contribution < -0.4 is 5.43 Å². The molecule has 8 heteroatoms. The molecule has 0 spiro atoms. The molecule has 3 rings (SSSR count). The van der Waals surface area contributed by atoms with Crippen molar-refractivity contribution in [2.45, 2.75) is 13.8 Å². The fourth-order valence-electron chi connectivity index (χ4n) is 1.99. The van der Waals surface area contributed by atoms with Crippen molar-refractivity contribution in [3.63, 3.8) is 0 Å². The van der Waals surface area contributed by atoms with E-state index >= 15 is 0 Å². The third-order valence-corrected chi connectivity index (χ3v) is 3.97. The van der Waals surface area contributed by atoms with Crippen LogP contribution in [0.15, 0.2) is 27.6 Å². The first-order valence-electron chi connectivity index (χ1n) is 6.27. The molecule has 0 saturated carbocycles. The molecule has 22 heavy (non-hydrogen) atoms. The van der Waals surface area contributed by atoms with E-state index in [1.807, 2.05) is 0 Å². The summed E-state index contributed by atoms with van der Waals surface area (Å²) in [5, 5.41) is 4.34. The summed E-state index contributed by atoms with van der Waals surface area (Å²) in [6, 6.07) is 4.18. The van der Waals surface area contributed by atoms with Gasteiger partial charge in [-0.3, -0.25) is 4.79 Å². The lowest BCUT2D eigenvalue weighted by molar-refractivity contribution is 0.610. The molecular weight excluding hydrogens is 375 g/mol. The summed E-state index contributed by atoms with van der Waals surface area (Å²) in [5.74, 6) is -0.572. The number of rotatable bonds is 1. The quantitative estimate of drug-likeness (QED) is 0.646. The Hall–Kier alpha value is -1.86. The van der Waals surface area contributed by atoms with Crippen LogP contribution in [0.4, 0.5) is 4.39 Å². The van der Waals surface area contributed by atoms with Gasteiger partial charge in [0.2, 0.25) is 5.43 Å². The summed E-state index contributed by atoms with van der Waals surface area (Å²) >= 11 is 8.85. The minimum atomic E-state index is -0.572. The molecule has 0 aliphatic rings. The van der Waals surface area contributed by atoms with E-state index in [1.54, 1.807) is 13.8 Å². The summed E-state index contributed by atoms with van der Waals surface area (Å²) in [7, 11) is 0. The van der Waals surface area contributed by atoms with E-state index in [4.69, 9.17) is 11.6 Å². The minimum absolute atomic E-state index is 0.0342. The second-order valence-electron chi connectivity index (χ2n) is 4.69. The Morgan fingerprint density at radius 2 is 1.91 bits per heavy atom. The van der Waals surface area contributed by atoms with Gasteiger partial charge in [-0.25, -0.2) is 19.0 Å². The summed E-state index contributed by atoms with van der Waals surface area (Å²) in [6.45, 7) is 3.51.